The van der Waals surface area contributed by atoms with Gasteiger partial charge in [-0.05, 0) is 6.92 Å². The standard InChI is InChI=1S/C2H2N2O.C2H6O/c1-2-4-5-3-1;1-2-3/h1-2H;3H,2H2,1H3. The van der Waals surface area contributed by atoms with E-state index in [2.05, 4.69) is 14.9 Å². The lowest BCUT2D eigenvalue weighted by molar-refractivity contribution is 0.307. The summed E-state index contributed by atoms with van der Waals surface area (Å²) in [5, 5.41) is 14.0. The maximum absolute atomic E-state index is 7.57. The first-order chi connectivity index (χ1) is 3.91. The van der Waals surface area contributed by atoms with Crippen LogP contribution in [0.1, 0.15) is 6.92 Å². The van der Waals surface area contributed by atoms with Crippen LogP contribution in [0.2, 0.25) is 0 Å². The number of aliphatic hydroxyl groups excluding tert-OH is 1. The lowest BCUT2D eigenvalue weighted by Gasteiger charge is -1.52. The van der Waals surface area contributed by atoms with Gasteiger partial charge in [-0.25, -0.2) is 4.63 Å². The summed E-state index contributed by atoms with van der Waals surface area (Å²) in [4.78, 5) is 0. The van der Waals surface area contributed by atoms with Crippen LogP contribution >= 0.6 is 0 Å². The Labute approximate surface area is 47.1 Å². The largest absolute Gasteiger partial charge is 0.397 e. The number of hydrogen-bond acceptors (Lipinski definition) is 4. The first-order valence-electron chi connectivity index (χ1n) is 2.24. The summed E-state index contributed by atoms with van der Waals surface area (Å²) in [5.74, 6) is 0. The van der Waals surface area contributed by atoms with E-state index in [1.54, 1.807) is 6.92 Å². The van der Waals surface area contributed by atoms with Gasteiger partial charge in [-0.1, -0.05) is 10.3 Å². The van der Waals surface area contributed by atoms with Crippen molar-refractivity contribution in [2.45, 2.75) is 6.92 Å². The van der Waals surface area contributed by atoms with Crippen LogP contribution in [0.5, 0.6) is 0 Å². The Hall–Kier alpha value is -0.900. The molecule has 0 spiro atoms. The van der Waals surface area contributed by atoms with Crippen molar-refractivity contribution in [3.63, 3.8) is 0 Å². The van der Waals surface area contributed by atoms with Crippen LogP contribution in [-0.4, -0.2) is 22.0 Å². The third-order valence-corrected chi connectivity index (χ3v) is 0.283. The molecule has 0 radical (unpaired) electrons. The summed E-state index contributed by atoms with van der Waals surface area (Å²) in [7, 11) is 0. The molecule has 0 saturated heterocycles. The van der Waals surface area contributed by atoms with E-state index in [-0.39, 0.29) is 6.61 Å². The molecular formula is C4H8N2O2. The molecule has 0 atom stereocenters. The highest BCUT2D eigenvalue weighted by molar-refractivity contribution is 4.51. The van der Waals surface area contributed by atoms with Crippen molar-refractivity contribution in [2.24, 2.45) is 0 Å². The highest BCUT2D eigenvalue weighted by Crippen LogP contribution is 1.62. The maximum atomic E-state index is 7.57. The van der Waals surface area contributed by atoms with E-state index in [1.807, 2.05) is 0 Å². The van der Waals surface area contributed by atoms with Gasteiger partial charge in [0.05, 0.1) is 12.4 Å². The minimum Gasteiger partial charge on any atom is -0.397 e. The second kappa shape index (κ2) is 6.10. The van der Waals surface area contributed by atoms with Gasteiger partial charge in [0, 0.05) is 6.61 Å². The Morgan fingerprint density at radius 2 is 1.88 bits per heavy atom. The highest BCUT2D eigenvalue weighted by Gasteiger charge is 1.61. The average molecular weight is 116 g/mol. The van der Waals surface area contributed by atoms with Gasteiger partial charge < -0.3 is 5.11 Å². The SMILES string of the molecule is CCO.c1cnon1. The summed E-state index contributed by atoms with van der Waals surface area (Å²) in [5.41, 5.74) is 0. The summed E-state index contributed by atoms with van der Waals surface area (Å²) in [6.07, 6.45) is 2.94. The van der Waals surface area contributed by atoms with Crippen molar-refractivity contribution in [3.8, 4) is 0 Å². The molecule has 0 fully saturated rings. The lowest BCUT2D eigenvalue weighted by atomic mass is 10.9. The maximum Gasteiger partial charge on any atom is 0.0913 e. The third kappa shape index (κ3) is 5.10. The van der Waals surface area contributed by atoms with Gasteiger partial charge in [0.1, 0.15) is 0 Å². The van der Waals surface area contributed by atoms with Crippen molar-refractivity contribution < 1.29 is 9.74 Å². The van der Waals surface area contributed by atoms with Crippen LogP contribution in [0.25, 0.3) is 0 Å². The highest BCUT2D eigenvalue weighted by atomic mass is 16.6. The van der Waals surface area contributed by atoms with Crippen molar-refractivity contribution in [3.05, 3.63) is 12.4 Å². The molecule has 0 aromatic carbocycles. The minimum atomic E-state index is 0.250. The Bertz CT molecular complexity index is 78.9. The Morgan fingerprint density at radius 3 is 2.00 bits per heavy atom. The number of aromatic nitrogens is 2. The van der Waals surface area contributed by atoms with Gasteiger partial charge in [-0.15, -0.1) is 0 Å². The molecule has 1 rings (SSSR count). The zero-order valence-electron chi connectivity index (χ0n) is 4.61. The molecule has 0 aliphatic rings. The van der Waals surface area contributed by atoms with E-state index >= 15 is 0 Å². The van der Waals surface area contributed by atoms with Crippen molar-refractivity contribution in [2.75, 3.05) is 6.61 Å². The van der Waals surface area contributed by atoms with Crippen LogP contribution in [0, 0.1) is 0 Å². The average Bonchev–Trinajstić information content (AvgIpc) is 2.17. The van der Waals surface area contributed by atoms with E-state index in [0.29, 0.717) is 0 Å². The Morgan fingerprint density at radius 1 is 1.50 bits per heavy atom. The number of nitrogens with zero attached hydrogens (tertiary/aromatic N) is 2. The monoisotopic (exact) mass is 116 g/mol. The summed E-state index contributed by atoms with van der Waals surface area (Å²) >= 11 is 0. The quantitative estimate of drug-likeness (QED) is 0.521. The Kier molecular flexibility index (Phi) is 5.41. The molecule has 0 bridgehead atoms. The van der Waals surface area contributed by atoms with Crippen molar-refractivity contribution in [1.29, 1.82) is 0 Å². The van der Waals surface area contributed by atoms with E-state index in [1.165, 1.54) is 12.4 Å². The zero-order valence-corrected chi connectivity index (χ0v) is 4.61. The van der Waals surface area contributed by atoms with Crippen LogP contribution in [-0.2, 0) is 0 Å². The lowest BCUT2D eigenvalue weighted by Crippen LogP contribution is -1.57. The van der Waals surface area contributed by atoms with Gasteiger partial charge in [0.2, 0.25) is 0 Å². The molecule has 4 heteroatoms. The molecule has 1 heterocycles. The fraction of sp³-hybridized carbons (Fsp3) is 0.500. The molecule has 4 nitrogen and oxygen atoms in total. The van der Waals surface area contributed by atoms with Gasteiger partial charge in [0.15, 0.2) is 0 Å². The Balaban J connectivity index is 0.000000145. The number of aliphatic hydroxyl groups is 1. The predicted molar refractivity (Wildman–Crippen MR) is 27.1 cm³/mol. The first-order valence-corrected chi connectivity index (χ1v) is 2.24. The van der Waals surface area contributed by atoms with Gasteiger partial charge in [0.25, 0.3) is 0 Å². The van der Waals surface area contributed by atoms with E-state index in [9.17, 15) is 0 Å². The van der Waals surface area contributed by atoms with Crippen molar-refractivity contribution >= 4 is 0 Å². The smallest absolute Gasteiger partial charge is 0.0913 e. The van der Waals surface area contributed by atoms with Gasteiger partial charge >= 0.3 is 0 Å². The zero-order chi connectivity index (χ0) is 6.24. The van der Waals surface area contributed by atoms with Crippen LogP contribution < -0.4 is 0 Å². The van der Waals surface area contributed by atoms with Gasteiger partial charge in [-0.2, -0.15) is 0 Å². The number of rotatable bonds is 0. The molecule has 0 aliphatic carbocycles. The second-order valence-corrected chi connectivity index (χ2v) is 0.907. The third-order valence-electron chi connectivity index (χ3n) is 0.283. The molecule has 1 aromatic heterocycles. The molecule has 0 aliphatic heterocycles. The topological polar surface area (TPSA) is 59.2 Å². The fourth-order valence-corrected chi connectivity index (χ4v) is 0.136. The summed E-state index contributed by atoms with van der Waals surface area (Å²) < 4.78 is 4.08. The summed E-state index contributed by atoms with van der Waals surface area (Å²) in [6, 6.07) is 0. The van der Waals surface area contributed by atoms with E-state index in [0.717, 1.165) is 0 Å². The molecular weight excluding hydrogens is 108 g/mol. The van der Waals surface area contributed by atoms with Crippen molar-refractivity contribution in [1.82, 2.24) is 10.3 Å². The molecule has 1 aromatic rings. The number of hydrogen-bond donors (Lipinski definition) is 1. The fourth-order valence-electron chi connectivity index (χ4n) is 0.136. The van der Waals surface area contributed by atoms with Crippen LogP contribution in [0.15, 0.2) is 17.0 Å². The first kappa shape index (κ1) is 7.10. The molecule has 8 heavy (non-hydrogen) atoms. The van der Waals surface area contributed by atoms with Crippen LogP contribution in [0.3, 0.4) is 0 Å². The minimum absolute atomic E-state index is 0.250. The van der Waals surface area contributed by atoms with E-state index in [4.69, 9.17) is 5.11 Å². The predicted octanol–water partition coefficient (Wildman–Crippen LogP) is 0.0682. The molecule has 0 unspecified atom stereocenters. The molecule has 1 N–H and O–H groups in total. The molecule has 0 amide bonds. The summed E-state index contributed by atoms with van der Waals surface area (Å²) in [6.45, 7) is 1.93. The normalized spacial score (nSPS) is 7.25. The van der Waals surface area contributed by atoms with Crippen LogP contribution in [0.4, 0.5) is 0 Å². The molecule has 0 saturated carbocycles. The van der Waals surface area contributed by atoms with E-state index < -0.39 is 0 Å². The van der Waals surface area contributed by atoms with Gasteiger partial charge in [-0.3, -0.25) is 0 Å². The molecule has 46 valence electrons. The second-order valence-electron chi connectivity index (χ2n) is 0.907.